The molecule has 0 bridgehead atoms. The topological polar surface area (TPSA) is 0 Å². The molecule has 100 valence electrons. The number of halogens is 2. The van der Waals surface area contributed by atoms with Gasteiger partial charge in [0.15, 0.2) is 0 Å². The maximum Gasteiger partial charge on any atom is 0.0628 e. The van der Waals surface area contributed by atoms with Crippen molar-refractivity contribution in [1.29, 1.82) is 0 Å². The van der Waals surface area contributed by atoms with Gasteiger partial charge in [-0.25, -0.2) is 0 Å². The highest BCUT2D eigenvalue weighted by Gasteiger charge is 2.13. The molecular formula is C17H18Cl2. The summed E-state index contributed by atoms with van der Waals surface area (Å²) >= 11 is 12.7. The maximum atomic E-state index is 6.58. The lowest BCUT2D eigenvalue weighted by molar-refractivity contribution is 0.906. The average Bonchev–Trinajstić information content (AvgIpc) is 2.33. The number of benzene rings is 2. The fraction of sp³-hybridized carbons (Fsp3) is 0.294. The van der Waals surface area contributed by atoms with E-state index < -0.39 is 0 Å². The van der Waals surface area contributed by atoms with Crippen LogP contribution in [0.1, 0.15) is 33.2 Å². The number of rotatable bonds is 3. The molecule has 2 aromatic carbocycles. The van der Waals surface area contributed by atoms with Crippen LogP contribution in [0, 0.1) is 20.8 Å². The minimum absolute atomic E-state index is 0.0160. The molecule has 2 aromatic rings. The van der Waals surface area contributed by atoms with Crippen molar-refractivity contribution in [3.05, 3.63) is 69.2 Å². The van der Waals surface area contributed by atoms with Gasteiger partial charge in [0.05, 0.1) is 5.38 Å². The van der Waals surface area contributed by atoms with E-state index in [2.05, 4.69) is 44.2 Å². The Hall–Kier alpha value is -0.980. The summed E-state index contributed by atoms with van der Waals surface area (Å²) in [5, 5.41) is 0.790. The van der Waals surface area contributed by atoms with E-state index >= 15 is 0 Å². The van der Waals surface area contributed by atoms with E-state index in [-0.39, 0.29) is 5.38 Å². The zero-order valence-electron chi connectivity index (χ0n) is 11.5. The van der Waals surface area contributed by atoms with Crippen LogP contribution in [0.2, 0.25) is 5.02 Å². The second kappa shape index (κ2) is 5.98. The van der Waals surface area contributed by atoms with Gasteiger partial charge in [-0.05, 0) is 55.5 Å². The Morgan fingerprint density at radius 2 is 1.74 bits per heavy atom. The van der Waals surface area contributed by atoms with Crippen LogP contribution in [0.3, 0.4) is 0 Å². The lowest BCUT2D eigenvalue weighted by Gasteiger charge is -2.15. The summed E-state index contributed by atoms with van der Waals surface area (Å²) in [6, 6.07) is 12.6. The van der Waals surface area contributed by atoms with E-state index in [0.29, 0.717) is 0 Å². The summed E-state index contributed by atoms with van der Waals surface area (Å²) < 4.78 is 0. The fourth-order valence-corrected chi connectivity index (χ4v) is 2.93. The van der Waals surface area contributed by atoms with Gasteiger partial charge in [-0.15, -0.1) is 11.6 Å². The zero-order chi connectivity index (χ0) is 14.0. The molecule has 0 aliphatic carbocycles. The first kappa shape index (κ1) is 14.4. The molecule has 0 saturated carbocycles. The Morgan fingerprint density at radius 3 is 2.42 bits per heavy atom. The largest absolute Gasteiger partial charge is 0.117 e. The smallest absolute Gasteiger partial charge is 0.0628 e. The van der Waals surface area contributed by atoms with Gasteiger partial charge in [-0.3, -0.25) is 0 Å². The molecule has 0 N–H and O–H groups in total. The molecule has 0 spiro atoms. The van der Waals surface area contributed by atoms with Crippen molar-refractivity contribution in [1.82, 2.24) is 0 Å². The lowest BCUT2D eigenvalue weighted by Crippen LogP contribution is -2.00. The van der Waals surface area contributed by atoms with Crippen LogP contribution >= 0.6 is 23.2 Å². The molecule has 0 aliphatic heterocycles. The average molecular weight is 293 g/mol. The van der Waals surface area contributed by atoms with Crippen molar-refractivity contribution in [3.8, 4) is 0 Å². The highest BCUT2D eigenvalue weighted by atomic mass is 35.5. The number of hydrogen-bond acceptors (Lipinski definition) is 0. The summed E-state index contributed by atoms with van der Waals surface area (Å²) in [6.07, 6.45) is 0.838. The molecule has 0 aliphatic rings. The number of aryl methyl sites for hydroxylation is 3. The van der Waals surface area contributed by atoms with Crippen LogP contribution in [0.5, 0.6) is 0 Å². The number of hydrogen-bond donors (Lipinski definition) is 0. The second-order valence-corrected chi connectivity index (χ2v) is 6.05. The molecule has 0 aromatic heterocycles. The third kappa shape index (κ3) is 3.52. The first-order chi connectivity index (χ1) is 8.97. The first-order valence-corrected chi connectivity index (χ1v) is 7.25. The predicted octanol–water partition coefficient (Wildman–Crippen LogP) is 5.79. The van der Waals surface area contributed by atoms with Crippen LogP contribution in [0.25, 0.3) is 0 Å². The van der Waals surface area contributed by atoms with Crippen molar-refractivity contribution >= 4 is 23.2 Å². The van der Waals surface area contributed by atoms with Gasteiger partial charge in [0, 0.05) is 5.02 Å². The van der Waals surface area contributed by atoms with E-state index in [1.54, 1.807) is 0 Å². The Balaban J connectivity index is 2.25. The summed E-state index contributed by atoms with van der Waals surface area (Å²) in [6.45, 7) is 6.18. The molecule has 0 nitrogen and oxygen atoms in total. The minimum atomic E-state index is -0.0160. The van der Waals surface area contributed by atoms with Crippen LogP contribution in [0.4, 0.5) is 0 Å². The summed E-state index contributed by atoms with van der Waals surface area (Å²) in [4.78, 5) is 0. The maximum absolute atomic E-state index is 6.58. The van der Waals surface area contributed by atoms with Crippen molar-refractivity contribution < 1.29 is 0 Å². The Bertz CT molecular complexity index is 588. The fourth-order valence-electron chi connectivity index (χ4n) is 2.30. The predicted molar refractivity (Wildman–Crippen MR) is 84.4 cm³/mol. The van der Waals surface area contributed by atoms with Gasteiger partial charge in [-0.2, -0.15) is 0 Å². The molecule has 1 atom stereocenters. The summed E-state index contributed by atoms with van der Waals surface area (Å²) in [5.74, 6) is 0. The van der Waals surface area contributed by atoms with E-state index in [1.165, 1.54) is 16.7 Å². The highest BCUT2D eigenvalue weighted by molar-refractivity contribution is 6.31. The van der Waals surface area contributed by atoms with E-state index in [1.807, 2.05) is 13.0 Å². The van der Waals surface area contributed by atoms with E-state index in [9.17, 15) is 0 Å². The molecule has 19 heavy (non-hydrogen) atoms. The molecule has 1 unspecified atom stereocenters. The quantitative estimate of drug-likeness (QED) is 0.628. The van der Waals surface area contributed by atoms with Gasteiger partial charge in [0.1, 0.15) is 0 Å². The Kier molecular flexibility index (Phi) is 4.54. The lowest BCUT2D eigenvalue weighted by atomic mass is 9.97. The minimum Gasteiger partial charge on any atom is -0.117 e. The van der Waals surface area contributed by atoms with Crippen LogP contribution < -0.4 is 0 Å². The molecular weight excluding hydrogens is 275 g/mol. The van der Waals surface area contributed by atoms with Gasteiger partial charge in [-0.1, -0.05) is 47.5 Å². The highest BCUT2D eigenvalue weighted by Crippen LogP contribution is 2.31. The monoisotopic (exact) mass is 292 g/mol. The molecule has 0 amide bonds. The first-order valence-electron chi connectivity index (χ1n) is 6.43. The van der Waals surface area contributed by atoms with Crippen LogP contribution in [-0.4, -0.2) is 0 Å². The molecule has 0 saturated heterocycles. The van der Waals surface area contributed by atoms with Gasteiger partial charge < -0.3 is 0 Å². The van der Waals surface area contributed by atoms with Gasteiger partial charge in [0.2, 0.25) is 0 Å². The number of alkyl halides is 1. The van der Waals surface area contributed by atoms with Crippen LogP contribution in [-0.2, 0) is 6.42 Å². The molecule has 2 rings (SSSR count). The van der Waals surface area contributed by atoms with Crippen molar-refractivity contribution in [2.45, 2.75) is 32.6 Å². The third-order valence-corrected chi connectivity index (χ3v) is 4.18. The van der Waals surface area contributed by atoms with Gasteiger partial charge in [0.25, 0.3) is 0 Å². The van der Waals surface area contributed by atoms with Gasteiger partial charge >= 0.3 is 0 Å². The van der Waals surface area contributed by atoms with E-state index in [0.717, 1.165) is 22.6 Å². The second-order valence-electron chi connectivity index (χ2n) is 5.12. The third-order valence-electron chi connectivity index (χ3n) is 3.38. The standard InChI is InChI=1S/C17H18Cl2/c1-11-5-4-6-14(7-11)10-17(19)15-8-13(3)16(18)9-12(15)2/h4-9,17H,10H2,1-3H3. The SMILES string of the molecule is Cc1cccc(CC(Cl)c2cc(C)c(Cl)cc2C)c1. The summed E-state index contributed by atoms with van der Waals surface area (Å²) in [5.41, 5.74) is 5.95. The molecule has 0 fully saturated rings. The summed E-state index contributed by atoms with van der Waals surface area (Å²) in [7, 11) is 0. The van der Waals surface area contributed by atoms with E-state index in [4.69, 9.17) is 23.2 Å². The van der Waals surface area contributed by atoms with Crippen molar-refractivity contribution in [2.24, 2.45) is 0 Å². The van der Waals surface area contributed by atoms with Crippen LogP contribution in [0.15, 0.2) is 36.4 Å². The normalized spacial score (nSPS) is 12.5. The zero-order valence-corrected chi connectivity index (χ0v) is 13.0. The molecule has 2 heteroatoms. The molecule has 0 heterocycles. The Morgan fingerprint density at radius 1 is 1.00 bits per heavy atom. The Labute approximate surface area is 125 Å². The van der Waals surface area contributed by atoms with Crippen molar-refractivity contribution in [2.75, 3.05) is 0 Å². The van der Waals surface area contributed by atoms with Crippen molar-refractivity contribution in [3.63, 3.8) is 0 Å². The molecule has 0 radical (unpaired) electrons.